The van der Waals surface area contributed by atoms with Crippen LogP contribution in [0.25, 0.3) is 4.85 Å². The molecule has 0 saturated heterocycles. The van der Waals surface area contributed by atoms with E-state index < -0.39 is 7.12 Å². The molecule has 1 aliphatic heterocycles. The van der Waals surface area contributed by atoms with Crippen LogP contribution in [0.1, 0.15) is 19.4 Å². The maximum absolute atomic E-state index is 9.50. The van der Waals surface area contributed by atoms with E-state index in [4.69, 9.17) is 16.0 Å². The van der Waals surface area contributed by atoms with Crippen LogP contribution in [0.15, 0.2) is 48.5 Å². The number of hydrogen-bond acceptors (Lipinski definition) is 3. The van der Waals surface area contributed by atoms with Crippen molar-refractivity contribution in [1.29, 1.82) is 0 Å². The van der Waals surface area contributed by atoms with E-state index in [1.54, 1.807) is 0 Å². The van der Waals surface area contributed by atoms with Crippen molar-refractivity contribution in [2.75, 3.05) is 7.05 Å². The van der Waals surface area contributed by atoms with E-state index in [0.29, 0.717) is 6.61 Å². The summed E-state index contributed by atoms with van der Waals surface area (Å²) in [6.45, 7) is 10.3. The van der Waals surface area contributed by atoms with Crippen LogP contribution in [0.4, 0.5) is 0 Å². The Labute approximate surface area is 132 Å². The van der Waals surface area contributed by atoms with Crippen molar-refractivity contribution in [3.8, 4) is 11.5 Å². The van der Waals surface area contributed by atoms with Crippen LogP contribution in [0.5, 0.6) is 11.5 Å². The van der Waals surface area contributed by atoms with E-state index in [9.17, 15) is 5.02 Å². The summed E-state index contributed by atoms with van der Waals surface area (Å²) in [6.07, 6.45) is 0. The molecule has 0 spiro atoms. The molecule has 0 bridgehead atoms. The minimum absolute atomic E-state index is 0.433. The highest BCUT2D eigenvalue weighted by Gasteiger charge is 2.27. The Morgan fingerprint density at radius 3 is 2.41 bits per heavy atom. The van der Waals surface area contributed by atoms with E-state index in [0.717, 1.165) is 22.5 Å². The van der Waals surface area contributed by atoms with Gasteiger partial charge in [0.1, 0.15) is 11.5 Å². The van der Waals surface area contributed by atoms with Crippen molar-refractivity contribution in [1.82, 2.24) is 0 Å². The first-order chi connectivity index (χ1) is 10.7. The van der Waals surface area contributed by atoms with Gasteiger partial charge in [-0.25, -0.2) is 6.57 Å². The monoisotopic (exact) mass is 297 g/mol. The lowest BCUT2D eigenvalue weighted by atomic mass is 9.80. The summed E-state index contributed by atoms with van der Waals surface area (Å²) in [5.41, 5.74) is 1.80. The third kappa shape index (κ3) is 4.92. The Hall–Kier alpha value is -2.29. The summed E-state index contributed by atoms with van der Waals surface area (Å²) < 4.78 is 10.8. The molecular weight excluding hydrogens is 277 g/mol. The van der Waals surface area contributed by atoms with Crippen LogP contribution in [-0.2, 0) is 11.3 Å². The zero-order valence-electron chi connectivity index (χ0n) is 13.1. The zero-order chi connectivity index (χ0) is 16.4. The normalized spacial score (nSPS) is 11.1. The summed E-state index contributed by atoms with van der Waals surface area (Å²) >= 11 is 0. The second-order valence-corrected chi connectivity index (χ2v) is 4.16. The Morgan fingerprint density at radius 2 is 1.77 bits per heavy atom. The number of nitrogens with zero attached hydrogens (tertiary/aromatic N) is 1. The van der Waals surface area contributed by atoms with Gasteiger partial charge in [-0.2, -0.15) is 0 Å². The molecule has 0 atom stereocenters. The van der Waals surface area contributed by atoms with E-state index in [1.165, 1.54) is 7.05 Å². The Kier molecular flexibility index (Phi) is 7.76. The first kappa shape index (κ1) is 17.8. The highest BCUT2D eigenvalue weighted by atomic mass is 16.5. The van der Waals surface area contributed by atoms with Gasteiger partial charge in [0.2, 0.25) is 7.05 Å². The van der Waals surface area contributed by atoms with Gasteiger partial charge in [0, 0.05) is 0 Å². The van der Waals surface area contributed by atoms with Gasteiger partial charge in [-0.3, -0.25) is 0 Å². The maximum atomic E-state index is 9.50. The topological polar surface area (TPSA) is 43.0 Å². The van der Waals surface area contributed by atoms with Gasteiger partial charge in [0.05, 0.1) is 6.61 Å². The van der Waals surface area contributed by atoms with Crippen LogP contribution in [0, 0.1) is 6.57 Å². The number of rotatable bonds is 2. The quantitative estimate of drug-likeness (QED) is 0.683. The molecule has 4 nitrogen and oxygen atoms in total. The van der Waals surface area contributed by atoms with E-state index in [2.05, 4.69) is 4.85 Å². The van der Waals surface area contributed by atoms with Crippen LogP contribution in [-0.4, -0.2) is 19.2 Å². The van der Waals surface area contributed by atoms with E-state index >= 15 is 0 Å². The van der Waals surface area contributed by atoms with E-state index in [-0.39, 0.29) is 0 Å². The summed E-state index contributed by atoms with van der Waals surface area (Å²) in [7, 11) is 0.621. The van der Waals surface area contributed by atoms with Crippen molar-refractivity contribution in [2.24, 2.45) is 0 Å². The van der Waals surface area contributed by atoms with Crippen LogP contribution < -0.4 is 10.2 Å². The Morgan fingerprint density at radius 1 is 1.14 bits per heavy atom. The smallest absolute Gasteiger partial charge is 0.457 e. The second kappa shape index (κ2) is 9.61. The molecule has 1 heterocycles. The largest absolute Gasteiger partial charge is 0.491 e. The molecule has 3 rings (SSSR count). The molecule has 2 aromatic rings. The zero-order valence-corrected chi connectivity index (χ0v) is 13.1. The fourth-order valence-electron chi connectivity index (χ4n) is 1.89. The molecule has 0 amide bonds. The van der Waals surface area contributed by atoms with Crippen LogP contribution in [0.3, 0.4) is 0 Å². The highest BCUT2D eigenvalue weighted by molar-refractivity contribution is 6.61. The Bertz CT molecular complexity index is 611. The van der Waals surface area contributed by atoms with Gasteiger partial charge in [-0.1, -0.05) is 38.1 Å². The summed E-state index contributed by atoms with van der Waals surface area (Å²) in [5.74, 6) is 1.56. The van der Waals surface area contributed by atoms with Gasteiger partial charge < -0.3 is 19.3 Å². The lowest BCUT2D eigenvalue weighted by Crippen LogP contribution is -2.27. The maximum Gasteiger partial charge on any atom is 0.491 e. The van der Waals surface area contributed by atoms with Crippen LogP contribution >= 0.6 is 0 Å². The predicted octanol–water partition coefficient (Wildman–Crippen LogP) is 3.26. The Balaban J connectivity index is 0.000000435. The summed E-state index contributed by atoms with van der Waals surface area (Å²) in [4.78, 5) is 2.75. The predicted molar refractivity (Wildman–Crippen MR) is 89.2 cm³/mol. The fraction of sp³-hybridized carbons (Fsp3) is 0.235. The molecule has 0 fully saturated rings. The van der Waals surface area contributed by atoms with Crippen LogP contribution in [0.2, 0.25) is 0 Å². The van der Waals surface area contributed by atoms with Gasteiger partial charge in [-0.05, 0) is 35.3 Å². The molecule has 114 valence electrons. The molecule has 1 N–H and O–H groups in total. The average Bonchev–Trinajstić information content (AvgIpc) is 2.92. The number of ether oxygens (including phenoxy) is 1. The lowest BCUT2D eigenvalue weighted by molar-refractivity contribution is 0.275. The molecular formula is C17H20BNO3. The summed E-state index contributed by atoms with van der Waals surface area (Å²) in [5, 5.41) is 9.50. The first-order valence-electron chi connectivity index (χ1n) is 7.15. The van der Waals surface area contributed by atoms with Gasteiger partial charge in [0.25, 0.3) is 0 Å². The SMILES string of the molecule is CC.OB1OCc2cc(Oc3ccccc3)ccc21.[C-]#[N+]C. The first-order valence-corrected chi connectivity index (χ1v) is 7.15. The average molecular weight is 297 g/mol. The number of fused-ring (bicyclic) bond motifs is 1. The molecule has 0 unspecified atom stereocenters. The van der Waals surface area contributed by atoms with Crippen molar-refractivity contribution in [3.05, 3.63) is 65.5 Å². The standard InChI is InChI=1S/C13H11BO3.C2H3N.C2H6/c15-14-13-7-6-12(8-10(13)9-16-14)17-11-4-2-1-3-5-11;1-3-2;1-2/h1-8,15H,9H2;1H3;1-2H3. The van der Waals surface area contributed by atoms with E-state index in [1.807, 2.05) is 62.4 Å². The van der Waals surface area contributed by atoms with Crippen molar-refractivity contribution >= 4 is 12.6 Å². The minimum atomic E-state index is -0.796. The number of benzene rings is 2. The van der Waals surface area contributed by atoms with Gasteiger partial charge in [-0.15, -0.1) is 0 Å². The van der Waals surface area contributed by atoms with Crippen molar-refractivity contribution < 1.29 is 14.4 Å². The molecule has 0 aromatic heterocycles. The fourth-order valence-corrected chi connectivity index (χ4v) is 1.89. The molecule has 5 heteroatoms. The van der Waals surface area contributed by atoms with Gasteiger partial charge >= 0.3 is 7.12 Å². The lowest BCUT2D eigenvalue weighted by Gasteiger charge is -2.06. The van der Waals surface area contributed by atoms with Gasteiger partial charge in [0.15, 0.2) is 0 Å². The third-order valence-corrected chi connectivity index (χ3v) is 2.76. The molecule has 0 saturated carbocycles. The molecule has 1 aliphatic rings. The molecule has 22 heavy (non-hydrogen) atoms. The number of para-hydroxylation sites is 1. The molecule has 0 radical (unpaired) electrons. The molecule has 2 aromatic carbocycles. The number of hydrogen-bond donors (Lipinski definition) is 1. The highest BCUT2D eigenvalue weighted by Crippen LogP contribution is 2.23. The summed E-state index contributed by atoms with van der Waals surface area (Å²) in [6, 6.07) is 15.2. The molecule has 0 aliphatic carbocycles. The van der Waals surface area contributed by atoms with Crippen molar-refractivity contribution in [3.63, 3.8) is 0 Å². The second-order valence-electron chi connectivity index (χ2n) is 4.16. The van der Waals surface area contributed by atoms with Crippen molar-refractivity contribution in [2.45, 2.75) is 20.5 Å². The third-order valence-electron chi connectivity index (χ3n) is 2.76. The minimum Gasteiger partial charge on any atom is -0.457 e.